The van der Waals surface area contributed by atoms with Gasteiger partial charge >= 0.3 is 0 Å². The monoisotopic (exact) mass is 278 g/mol. The van der Waals surface area contributed by atoms with Crippen LogP contribution in [0, 0.1) is 28.9 Å². The molecule has 20 heavy (non-hydrogen) atoms. The Morgan fingerprint density at radius 1 is 1.30 bits per heavy atom. The summed E-state index contributed by atoms with van der Waals surface area (Å²) in [6, 6.07) is 5.93. The van der Waals surface area contributed by atoms with Crippen molar-refractivity contribution in [3.05, 3.63) is 35.4 Å². The third-order valence-electron chi connectivity index (χ3n) is 4.09. The molecule has 0 saturated carbocycles. The number of hydrogen-bond acceptors (Lipinski definition) is 2. The zero-order chi connectivity index (χ0) is 14.9. The minimum Gasteiger partial charge on any atom is -0.298 e. The highest BCUT2D eigenvalue weighted by atomic mass is 19.1. The fraction of sp³-hybridized carbons (Fsp3) is 0.562. The zero-order valence-electron chi connectivity index (χ0n) is 12.2. The summed E-state index contributed by atoms with van der Waals surface area (Å²) in [5, 5.41) is 9.29. The minimum atomic E-state index is -0.580. The standard InChI is InChI=1S/C16H20F2N2/c1-16(2,3)20-7-6-11(9-19)14(10-20)13-5-4-12(17)8-15(13)18/h4-5,8,11,14H,6-7,10H2,1-3H3/t11-,14-/m1/s1. The van der Waals surface area contributed by atoms with Crippen molar-refractivity contribution in [1.29, 1.82) is 5.26 Å². The molecule has 0 aliphatic carbocycles. The van der Waals surface area contributed by atoms with E-state index in [1.807, 2.05) is 0 Å². The lowest BCUT2D eigenvalue weighted by Gasteiger charge is -2.43. The number of nitriles is 1. The Morgan fingerprint density at radius 2 is 2.00 bits per heavy atom. The van der Waals surface area contributed by atoms with E-state index in [1.165, 1.54) is 12.1 Å². The molecule has 108 valence electrons. The maximum absolute atomic E-state index is 14.0. The molecule has 0 aromatic heterocycles. The summed E-state index contributed by atoms with van der Waals surface area (Å²) >= 11 is 0. The summed E-state index contributed by atoms with van der Waals surface area (Å²) in [6.45, 7) is 7.79. The maximum Gasteiger partial charge on any atom is 0.129 e. The third-order valence-corrected chi connectivity index (χ3v) is 4.09. The molecule has 0 amide bonds. The van der Waals surface area contributed by atoms with Crippen LogP contribution in [0.1, 0.15) is 38.7 Å². The molecule has 0 radical (unpaired) electrons. The number of hydrogen-bond donors (Lipinski definition) is 0. The zero-order valence-corrected chi connectivity index (χ0v) is 12.2. The third kappa shape index (κ3) is 2.99. The van der Waals surface area contributed by atoms with Gasteiger partial charge in [0, 0.05) is 24.1 Å². The first-order valence-corrected chi connectivity index (χ1v) is 6.92. The van der Waals surface area contributed by atoms with Gasteiger partial charge in [0.05, 0.1) is 12.0 Å². The predicted octanol–water partition coefficient (Wildman–Crippen LogP) is 3.69. The van der Waals surface area contributed by atoms with E-state index in [1.54, 1.807) is 0 Å². The van der Waals surface area contributed by atoms with Crippen molar-refractivity contribution >= 4 is 0 Å². The highest BCUT2D eigenvalue weighted by molar-refractivity contribution is 5.26. The van der Waals surface area contributed by atoms with Crippen LogP contribution in [-0.4, -0.2) is 23.5 Å². The molecule has 4 heteroatoms. The van der Waals surface area contributed by atoms with Gasteiger partial charge in [-0.3, -0.25) is 4.90 Å². The van der Waals surface area contributed by atoms with Crippen LogP contribution in [0.15, 0.2) is 18.2 Å². The molecule has 1 heterocycles. The summed E-state index contributed by atoms with van der Waals surface area (Å²) in [5.41, 5.74) is 0.432. The number of nitrogens with zero attached hydrogens (tertiary/aromatic N) is 2. The van der Waals surface area contributed by atoms with Crippen LogP contribution in [0.3, 0.4) is 0 Å². The fourth-order valence-electron chi connectivity index (χ4n) is 2.83. The number of piperidine rings is 1. The van der Waals surface area contributed by atoms with E-state index in [-0.39, 0.29) is 17.4 Å². The molecule has 2 rings (SSSR count). The highest BCUT2D eigenvalue weighted by Gasteiger charge is 2.35. The predicted molar refractivity (Wildman–Crippen MR) is 74.1 cm³/mol. The van der Waals surface area contributed by atoms with Crippen LogP contribution in [0.25, 0.3) is 0 Å². The molecule has 2 nitrogen and oxygen atoms in total. The number of rotatable bonds is 1. The van der Waals surface area contributed by atoms with Gasteiger partial charge in [0.25, 0.3) is 0 Å². The Labute approximate surface area is 119 Å². The number of benzene rings is 1. The topological polar surface area (TPSA) is 27.0 Å². The first kappa shape index (κ1) is 14.9. The van der Waals surface area contributed by atoms with E-state index in [0.717, 1.165) is 19.0 Å². The largest absolute Gasteiger partial charge is 0.298 e. The number of halogens is 2. The van der Waals surface area contributed by atoms with Gasteiger partial charge in [0.15, 0.2) is 0 Å². The van der Waals surface area contributed by atoms with Crippen molar-refractivity contribution in [2.45, 2.75) is 38.6 Å². The summed E-state index contributed by atoms with van der Waals surface area (Å²) < 4.78 is 27.0. The molecule has 1 aliphatic heterocycles. The molecular formula is C16H20F2N2. The molecule has 1 aliphatic rings. The van der Waals surface area contributed by atoms with Crippen molar-refractivity contribution in [2.75, 3.05) is 13.1 Å². The summed E-state index contributed by atoms with van der Waals surface area (Å²) in [5.74, 6) is -1.55. The Balaban J connectivity index is 2.32. The molecule has 1 aromatic carbocycles. The van der Waals surface area contributed by atoms with Crippen molar-refractivity contribution < 1.29 is 8.78 Å². The van der Waals surface area contributed by atoms with E-state index in [0.29, 0.717) is 12.1 Å². The lowest BCUT2D eigenvalue weighted by molar-refractivity contribution is 0.0833. The van der Waals surface area contributed by atoms with Gasteiger partial charge in [0.2, 0.25) is 0 Å². The molecular weight excluding hydrogens is 258 g/mol. The summed E-state index contributed by atoms with van der Waals surface area (Å²) in [6.07, 6.45) is 0.718. The summed E-state index contributed by atoms with van der Waals surface area (Å²) in [7, 11) is 0. The van der Waals surface area contributed by atoms with Gasteiger partial charge in [-0.2, -0.15) is 5.26 Å². The number of likely N-dealkylation sites (tertiary alicyclic amines) is 1. The van der Waals surface area contributed by atoms with E-state index >= 15 is 0 Å². The van der Waals surface area contributed by atoms with Gasteiger partial charge in [0.1, 0.15) is 11.6 Å². The van der Waals surface area contributed by atoms with Crippen LogP contribution < -0.4 is 0 Å². The van der Waals surface area contributed by atoms with Crippen LogP contribution in [0.4, 0.5) is 8.78 Å². The Morgan fingerprint density at radius 3 is 2.55 bits per heavy atom. The van der Waals surface area contributed by atoms with Crippen LogP contribution in [0.2, 0.25) is 0 Å². The van der Waals surface area contributed by atoms with Crippen LogP contribution in [0.5, 0.6) is 0 Å². The van der Waals surface area contributed by atoms with Gasteiger partial charge in [-0.15, -0.1) is 0 Å². The second-order valence-corrected chi connectivity index (χ2v) is 6.41. The molecule has 1 aromatic rings. The van der Waals surface area contributed by atoms with Crippen LogP contribution >= 0.6 is 0 Å². The molecule has 0 unspecified atom stereocenters. The van der Waals surface area contributed by atoms with E-state index in [9.17, 15) is 14.0 Å². The normalized spacial score (nSPS) is 24.4. The first-order valence-electron chi connectivity index (χ1n) is 6.92. The average molecular weight is 278 g/mol. The molecule has 0 spiro atoms. The Kier molecular flexibility index (Phi) is 4.10. The van der Waals surface area contributed by atoms with Gasteiger partial charge in [-0.25, -0.2) is 8.78 Å². The smallest absolute Gasteiger partial charge is 0.129 e. The molecule has 0 bridgehead atoms. The average Bonchev–Trinajstić information content (AvgIpc) is 2.37. The van der Waals surface area contributed by atoms with Crippen molar-refractivity contribution in [3.8, 4) is 6.07 Å². The maximum atomic E-state index is 14.0. The quantitative estimate of drug-likeness (QED) is 0.783. The van der Waals surface area contributed by atoms with Crippen molar-refractivity contribution in [3.63, 3.8) is 0 Å². The van der Waals surface area contributed by atoms with Crippen molar-refractivity contribution in [2.24, 2.45) is 5.92 Å². The SMILES string of the molecule is CC(C)(C)N1CC[C@H](C#N)[C@H](c2ccc(F)cc2F)C1. The fourth-order valence-corrected chi connectivity index (χ4v) is 2.83. The van der Waals surface area contributed by atoms with Crippen molar-refractivity contribution in [1.82, 2.24) is 4.90 Å². The molecule has 2 atom stereocenters. The molecule has 1 fully saturated rings. The minimum absolute atomic E-state index is 0.0187. The second kappa shape index (κ2) is 5.49. The van der Waals surface area contributed by atoms with E-state index in [2.05, 4.69) is 31.7 Å². The summed E-state index contributed by atoms with van der Waals surface area (Å²) in [4.78, 5) is 2.26. The lowest BCUT2D eigenvalue weighted by Crippen LogP contribution is -2.49. The highest BCUT2D eigenvalue weighted by Crippen LogP contribution is 2.36. The Hall–Kier alpha value is -1.47. The van der Waals surface area contributed by atoms with Gasteiger partial charge in [-0.1, -0.05) is 6.07 Å². The lowest BCUT2D eigenvalue weighted by atomic mass is 9.80. The second-order valence-electron chi connectivity index (χ2n) is 6.41. The van der Waals surface area contributed by atoms with Gasteiger partial charge in [-0.05, 0) is 45.4 Å². The Bertz CT molecular complexity index is 528. The van der Waals surface area contributed by atoms with E-state index < -0.39 is 11.6 Å². The molecule has 0 N–H and O–H groups in total. The van der Waals surface area contributed by atoms with Crippen LogP contribution in [-0.2, 0) is 0 Å². The molecule has 1 saturated heterocycles. The van der Waals surface area contributed by atoms with E-state index in [4.69, 9.17) is 0 Å². The first-order chi connectivity index (χ1) is 9.32. The van der Waals surface area contributed by atoms with Gasteiger partial charge < -0.3 is 0 Å².